The molecule has 0 bridgehead atoms. The zero-order valence-electron chi connectivity index (χ0n) is 18.9. The number of aliphatic imine (C=N–C) groups is 1. The third-order valence-electron chi connectivity index (χ3n) is 4.93. The molecule has 1 amide bonds. The van der Waals surface area contributed by atoms with Crippen LogP contribution in [-0.2, 0) is 6.42 Å². The van der Waals surface area contributed by atoms with Crippen LogP contribution in [0.1, 0.15) is 27.5 Å². The summed E-state index contributed by atoms with van der Waals surface area (Å²) >= 11 is 0. The molecule has 0 radical (unpaired) electrons. The van der Waals surface area contributed by atoms with Crippen molar-refractivity contribution in [2.75, 3.05) is 48.4 Å². The standard InChI is InChI=1S/C23H33N5O2.HI/c1-24-22(29)18-10-8-9-17(15-18)13-14-26-23(25-2)27-16-20(28(3)4)19-11-6-7-12-21(19)30-5;/h6-12,15,20H,13-14,16H2,1-5H3,(H,24,29)(H2,25,26,27);1H. The number of nitrogens with one attached hydrogen (secondary N) is 3. The molecule has 0 aromatic heterocycles. The monoisotopic (exact) mass is 539 g/mol. The predicted molar refractivity (Wildman–Crippen MR) is 138 cm³/mol. The highest BCUT2D eigenvalue weighted by molar-refractivity contribution is 14.0. The van der Waals surface area contributed by atoms with Crippen LogP contribution in [0.5, 0.6) is 5.75 Å². The third kappa shape index (κ3) is 8.02. The Bertz CT molecular complexity index is 857. The number of guanidine groups is 1. The predicted octanol–water partition coefficient (Wildman–Crippen LogP) is 2.68. The summed E-state index contributed by atoms with van der Waals surface area (Å²) in [6.45, 7) is 1.39. The van der Waals surface area contributed by atoms with Crippen molar-refractivity contribution in [1.29, 1.82) is 0 Å². The lowest BCUT2D eigenvalue weighted by molar-refractivity contribution is 0.0963. The zero-order valence-corrected chi connectivity index (χ0v) is 21.3. The number of carbonyl (C=O) groups excluding carboxylic acids is 1. The first-order valence-corrected chi connectivity index (χ1v) is 10.0. The van der Waals surface area contributed by atoms with Crippen LogP contribution in [-0.4, -0.2) is 65.2 Å². The molecule has 1 unspecified atom stereocenters. The summed E-state index contributed by atoms with van der Waals surface area (Å²) in [5.41, 5.74) is 2.89. The van der Waals surface area contributed by atoms with Crippen molar-refractivity contribution < 1.29 is 9.53 Å². The molecule has 0 heterocycles. The summed E-state index contributed by atoms with van der Waals surface area (Å²) in [6.07, 6.45) is 0.787. The molecule has 2 aromatic rings. The minimum absolute atomic E-state index is 0. The molecule has 0 fully saturated rings. The van der Waals surface area contributed by atoms with Gasteiger partial charge in [-0.05, 0) is 44.3 Å². The van der Waals surface area contributed by atoms with Crippen molar-refractivity contribution in [2.24, 2.45) is 4.99 Å². The first kappa shape index (κ1) is 26.7. The number of halogens is 1. The van der Waals surface area contributed by atoms with Crippen LogP contribution in [0, 0.1) is 0 Å². The molecule has 0 saturated carbocycles. The average molecular weight is 539 g/mol. The summed E-state index contributed by atoms with van der Waals surface area (Å²) in [4.78, 5) is 18.3. The summed E-state index contributed by atoms with van der Waals surface area (Å²) in [5.74, 6) is 1.53. The van der Waals surface area contributed by atoms with Crippen LogP contribution in [0.2, 0.25) is 0 Å². The molecule has 0 aliphatic carbocycles. The van der Waals surface area contributed by atoms with E-state index in [1.807, 2.05) is 42.5 Å². The van der Waals surface area contributed by atoms with E-state index in [0.29, 0.717) is 18.7 Å². The summed E-state index contributed by atoms with van der Waals surface area (Å²) in [5, 5.41) is 9.40. The van der Waals surface area contributed by atoms with Crippen LogP contribution in [0.15, 0.2) is 53.5 Å². The van der Waals surface area contributed by atoms with Crippen LogP contribution < -0.4 is 20.7 Å². The largest absolute Gasteiger partial charge is 0.496 e. The molecule has 7 nitrogen and oxygen atoms in total. The zero-order chi connectivity index (χ0) is 21.9. The Morgan fingerprint density at radius 2 is 1.87 bits per heavy atom. The highest BCUT2D eigenvalue weighted by Crippen LogP contribution is 2.27. The quantitative estimate of drug-likeness (QED) is 0.260. The Labute approximate surface area is 202 Å². The number of nitrogens with zero attached hydrogens (tertiary/aromatic N) is 2. The molecule has 0 aliphatic rings. The molecule has 0 spiro atoms. The Hall–Kier alpha value is -2.33. The van der Waals surface area contributed by atoms with Gasteiger partial charge in [0.05, 0.1) is 13.2 Å². The van der Waals surface area contributed by atoms with Gasteiger partial charge < -0.3 is 25.6 Å². The lowest BCUT2D eigenvalue weighted by Gasteiger charge is -2.27. The molecule has 0 aliphatic heterocycles. The molecule has 8 heteroatoms. The minimum atomic E-state index is -0.0756. The Morgan fingerprint density at radius 3 is 2.52 bits per heavy atom. The van der Waals surface area contributed by atoms with Gasteiger partial charge in [0.1, 0.15) is 5.75 Å². The van der Waals surface area contributed by atoms with Crippen molar-refractivity contribution >= 4 is 35.8 Å². The maximum absolute atomic E-state index is 11.8. The first-order valence-electron chi connectivity index (χ1n) is 10.0. The lowest BCUT2D eigenvalue weighted by Crippen LogP contribution is -2.42. The van der Waals surface area contributed by atoms with Crippen LogP contribution in [0.25, 0.3) is 0 Å². The van der Waals surface area contributed by atoms with Gasteiger partial charge in [0, 0.05) is 38.3 Å². The maximum atomic E-state index is 11.8. The maximum Gasteiger partial charge on any atom is 0.251 e. The number of hydrogen-bond donors (Lipinski definition) is 3. The second kappa shape index (κ2) is 13.9. The number of amides is 1. The number of benzene rings is 2. The van der Waals surface area contributed by atoms with E-state index < -0.39 is 0 Å². The smallest absolute Gasteiger partial charge is 0.251 e. The lowest BCUT2D eigenvalue weighted by atomic mass is 10.0. The number of methoxy groups -OCH3 is 1. The molecular formula is C23H34IN5O2. The van der Waals surface area contributed by atoms with Gasteiger partial charge in [-0.15, -0.1) is 24.0 Å². The molecule has 0 saturated heterocycles. The van der Waals surface area contributed by atoms with Crippen LogP contribution >= 0.6 is 24.0 Å². The number of hydrogen-bond acceptors (Lipinski definition) is 4. The Kier molecular flexibility index (Phi) is 11.9. The Balaban J connectivity index is 0.00000480. The van der Waals surface area contributed by atoms with Crippen molar-refractivity contribution in [2.45, 2.75) is 12.5 Å². The summed E-state index contributed by atoms with van der Waals surface area (Å²) in [6, 6.07) is 15.8. The number of para-hydroxylation sites is 1. The van der Waals surface area contributed by atoms with E-state index in [1.54, 1.807) is 21.2 Å². The van der Waals surface area contributed by atoms with Crippen molar-refractivity contribution in [1.82, 2.24) is 20.9 Å². The number of rotatable bonds is 9. The van der Waals surface area contributed by atoms with E-state index >= 15 is 0 Å². The molecule has 1 atom stereocenters. The summed E-state index contributed by atoms with van der Waals surface area (Å²) < 4.78 is 5.53. The topological polar surface area (TPSA) is 78.0 Å². The van der Waals surface area contributed by atoms with Gasteiger partial charge >= 0.3 is 0 Å². The van der Waals surface area contributed by atoms with Gasteiger partial charge in [-0.25, -0.2) is 0 Å². The minimum Gasteiger partial charge on any atom is -0.496 e. The average Bonchev–Trinajstić information content (AvgIpc) is 2.77. The highest BCUT2D eigenvalue weighted by Gasteiger charge is 2.18. The fourth-order valence-corrected chi connectivity index (χ4v) is 3.26. The normalized spacial score (nSPS) is 12.0. The second-order valence-electron chi connectivity index (χ2n) is 7.13. The molecule has 2 aromatic carbocycles. The van der Waals surface area contributed by atoms with Gasteiger partial charge in [-0.1, -0.05) is 30.3 Å². The molecular weight excluding hydrogens is 505 g/mol. The van der Waals surface area contributed by atoms with E-state index in [1.165, 1.54) is 0 Å². The van der Waals surface area contributed by atoms with Crippen LogP contribution in [0.3, 0.4) is 0 Å². The van der Waals surface area contributed by atoms with E-state index in [-0.39, 0.29) is 35.9 Å². The molecule has 3 N–H and O–H groups in total. The van der Waals surface area contributed by atoms with Crippen LogP contribution in [0.4, 0.5) is 0 Å². The van der Waals surface area contributed by atoms with Crippen molar-refractivity contribution in [3.05, 3.63) is 65.2 Å². The van der Waals surface area contributed by atoms with E-state index in [4.69, 9.17) is 4.74 Å². The molecule has 170 valence electrons. The van der Waals surface area contributed by atoms with E-state index in [0.717, 1.165) is 29.3 Å². The van der Waals surface area contributed by atoms with Gasteiger partial charge in [-0.2, -0.15) is 0 Å². The number of ether oxygens (including phenoxy) is 1. The van der Waals surface area contributed by atoms with Gasteiger partial charge in [0.15, 0.2) is 5.96 Å². The van der Waals surface area contributed by atoms with E-state index in [2.05, 4.69) is 46.0 Å². The van der Waals surface area contributed by atoms with Gasteiger partial charge in [0.25, 0.3) is 5.91 Å². The first-order chi connectivity index (χ1) is 14.5. The fraction of sp³-hybridized carbons (Fsp3) is 0.391. The highest BCUT2D eigenvalue weighted by atomic mass is 127. The van der Waals surface area contributed by atoms with Gasteiger partial charge in [0.2, 0.25) is 0 Å². The summed E-state index contributed by atoms with van der Waals surface area (Å²) in [7, 11) is 9.19. The second-order valence-corrected chi connectivity index (χ2v) is 7.13. The fourth-order valence-electron chi connectivity index (χ4n) is 3.26. The SMILES string of the molecule is CN=C(NCCc1cccc(C(=O)NC)c1)NCC(c1ccccc1OC)N(C)C.I. The van der Waals surface area contributed by atoms with Crippen molar-refractivity contribution in [3.63, 3.8) is 0 Å². The Morgan fingerprint density at radius 1 is 1.13 bits per heavy atom. The number of likely N-dealkylation sites (N-methyl/N-ethyl adjacent to an activating group) is 1. The van der Waals surface area contributed by atoms with Crippen molar-refractivity contribution in [3.8, 4) is 5.75 Å². The third-order valence-corrected chi connectivity index (χ3v) is 4.93. The number of carbonyl (C=O) groups is 1. The van der Waals surface area contributed by atoms with Gasteiger partial charge in [-0.3, -0.25) is 9.79 Å². The van der Waals surface area contributed by atoms with E-state index in [9.17, 15) is 4.79 Å². The molecule has 2 rings (SSSR count). The molecule has 31 heavy (non-hydrogen) atoms.